The highest BCUT2D eigenvalue weighted by Gasteiger charge is 2.26. The van der Waals surface area contributed by atoms with Gasteiger partial charge in [0.2, 0.25) is 0 Å². The molecule has 1 saturated heterocycles. The van der Waals surface area contributed by atoms with Gasteiger partial charge in [0, 0.05) is 49.5 Å². The highest BCUT2D eigenvalue weighted by Crippen LogP contribution is 2.24. The smallest absolute Gasteiger partial charge is 0.180 e. The molecule has 3 aromatic heterocycles. The Bertz CT molecular complexity index is 1070. The van der Waals surface area contributed by atoms with Crippen molar-refractivity contribution in [2.75, 3.05) is 19.3 Å². The van der Waals surface area contributed by atoms with Crippen LogP contribution < -0.4 is 0 Å². The molecule has 0 spiro atoms. The fourth-order valence-electron chi connectivity index (χ4n) is 3.66. The first-order valence-electron chi connectivity index (χ1n) is 8.59. The van der Waals surface area contributed by atoms with Crippen LogP contribution in [0.2, 0.25) is 0 Å². The Balaban J connectivity index is 1.50. The van der Waals surface area contributed by atoms with Crippen LogP contribution in [0.5, 0.6) is 0 Å². The minimum absolute atomic E-state index is 0.162. The van der Waals surface area contributed by atoms with Gasteiger partial charge in [0.15, 0.2) is 15.5 Å². The number of hydrogen-bond donors (Lipinski definition) is 0. The molecule has 4 rings (SSSR count). The van der Waals surface area contributed by atoms with Gasteiger partial charge < -0.3 is 0 Å². The molecule has 0 amide bonds. The summed E-state index contributed by atoms with van der Waals surface area (Å²) in [6.07, 6.45) is 7.19. The lowest BCUT2D eigenvalue weighted by atomic mass is 10.2. The molecule has 1 atom stereocenters. The van der Waals surface area contributed by atoms with Crippen molar-refractivity contribution in [1.29, 1.82) is 0 Å². The van der Waals surface area contributed by atoms with E-state index in [-0.39, 0.29) is 4.90 Å². The van der Waals surface area contributed by atoms with E-state index in [1.54, 1.807) is 10.7 Å². The van der Waals surface area contributed by atoms with E-state index in [9.17, 15) is 8.42 Å². The Kier molecular flexibility index (Phi) is 4.07. The SMILES string of the molecule is Cc1cc(C)n(C2CCN(Cc3cnc4c(S(C)(=O)=O)cnn4c3)C2)n1. The van der Waals surface area contributed by atoms with E-state index in [0.717, 1.165) is 37.3 Å². The molecule has 138 valence electrons. The van der Waals surface area contributed by atoms with Gasteiger partial charge >= 0.3 is 0 Å². The summed E-state index contributed by atoms with van der Waals surface area (Å²) < 4.78 is 27.2. The van der Waals surface area contributed by atoms with E-state index in [1.165, 1.54) is 18.1 Å². The molecule has 0 N–H and O–H groups in total. The summed E-state index contributed by atoms with van der Waals surface area (Å²) in [7, 11) is -3.33. The third-order valence-electron chi connectivity index (χ3n) is 4.82. The predicted molar refractivity (Wildman–Crippen MR) is 96.7 cm³/mol. The predicted octanol–water partition coefficient (Wildman–Crippen LogP) is 1.39. The second-order valence-corrected chi connectivity index (χ2v) is 9.04. The van der Waals surface area contributed by atoms with Crippen molar-refractivity contribution in [3.8, 4) is 0 Å². The van der Waals surface area contributed by atoms with Crippen LogP contribution in [0.25, 0.3) is 5.65 Å². The monoisotopic (exact) mass is 374 g/mol. The lowest BCUT2D eigenvalue weighted by molar-refractivity contribution is 0.309. The fourth-order valence-corrected chi connectivity index (χ4v) is 4.38. The minimum Gasteiger partial charge on any atom is -0.297 e. The van der Waals surface area contributed by atoms with Gasteiger partial charge in [-0.1, -0.05) is 0 Å². The number of aromatic nitrogens is 5. The molecule has 26 heavy (non-hydrogen) atoms. The van der Waals surface area contributed by atoms with Gasteiger partial charge in [-0.05, 0) is 26.3 Å². The second kappa shape index (κ2) is 6.17. The van der Waals surface area contributed by atoms with E-state index >= 15 is 0 Å². The number of fused-ring (bicyclic) bond motifs is 1. The Labute approximate surface area is 152 Å². The molecular formula is C17H22N6O2S. The van der Waals surface area contributed by atoms with Gasteiger partial charge in [-0.2, -0.15) is 10.2 Å². The molecule has 0 saturated carbocycles. The number of aryl methyl sites for hydroxylation is 2. The summed E-state index contributed by atoms with van der Waals surface area (Å²) in [5.74, 6) is 0. The van der Waals surface area contributed by atoms with Crippen molar-refractivity contribution in [2.45, 2.75) is 37.8 Å². The first kappa shape index (κ1) is 17.2. The maximum atomic E-state index is 11.8. The summed E-state index contributed by atoms with van der Waals surface area (Å²) in [6.45, 7) is 6.80. The van der Waals surface area contributed by atoms with Crippen molar-refractivity contribution in [3.05, 3.63) is 41.6 Å². The zero-order valence-corrected chi connectivity index (χ0v) is 15.9. The highest BCUT2D eigenvalue weighted by atomic mass is 32.2. The van der Waals surface area contributed by atoms with Crippen molar-refractivity contribution in [2.24, 2.45) is 0 Å². The zero-order valence-electron chi connectivity index (χ0n) is 15.1. The molecule has 1 aliphatic rings. The van der Waals surface area contributed by atoms with Crippen molar-refractivity contribution < 1.29 is 8.42 Å². The van der Waals surface area contributed by atoms with Crippen LogP contribution in [0.15, 0.2) is 29.6 Å². The van der Waals surface area contributed by atoms with E-state index < -0.39 is 9.84 Å². The van der Waals surface area contributed by atoms with Crippen LogP contribution in [-0.4, -0.2) is 57.0 Å². The molecule has 0 aromatic carbocycles. The molecule has 0 radical (unpaired) electrons. The summed E-state index contributed by atoms with van der Waals surface area (Å²) in [6, 6.07) is 2.50. The first-order chi connectivity index (χ1) is 12.3. The first-order valence-corrected chi connectivity index (χ1v) is 10.5. The molecule has 1 fully saturated rings. The summed E-state index contributed by atoms with van der Waals surface area (Å²) in [5.41, 5.74) is 3.63. The Hall–Kier alpha value is -2.26. The van der Waals surface area contributed by atoms with Crippen molar-refractivity contribution >= 4 is 15.5 Å². The van der Waals surface area contributed by atoms with Gasteiger partial charge in [0.1, 0.15) is 4.90 Å². The van der Waals surface area contributed by atoms with Crippen LogP contribution in [0.4, 0.5) is 0 Å². The van der Waals surface area contributed by atoms with Gasteiger partial charge in [0.25, 0.3) is 0 Å². The van der Waals surface area contributed by atoms with Crippen LogP contribution in [0.3, 0.4) is 0 Å². The number of hydrogen-bond acceptors (Lipinski definition) is 6. The Morgan fingerprint density at radius 2 is 2.08 bits per heavy atom. The van der Waals surface area contributed by atoms with E-state index in [2.05, 4.69) is 37.8 Å². The second-order valence-electron chi connectivity index (χ2n) is 7.06. The molecule has 8 nitrogen and oxygen atoms in total. The topological polar surface area (TPSA) is 85.4 Å². The minimum atomic E-state index is -3.33. The third-order valence-corrected chi connectivity index (χ3v) is 5.91. The quantitative estimate of drug-likeness (QED) is 0.686. The molecule has 0 bridgehead atoms. The zero-order chi connectivity index (χ0) is 18.5. The number of nitrogens with zero attached hydrogens (tertiary/aromatic N) is 6. The van der Waals surface area contributed by atoms with Crippen molar-refractivity contribution in [3.63, 3.8) is 0 Å². The highest BCUT2D eigenvalue weighted by molar-refractivity contribution is 7.90. The number of rotatable bonds is 4. The largest absolute Gasteiger partial charge is 0.297 e. The maximum absolute atomic E-state index is 11.8. The third kappa shape index (κ3) is 3.12. The summed E-state index contributed by atoms with van der Waals surface area (Å²) in [5, 5.41) is 8.75. The summed E-state index contributed by atoms with van der Waals surface area (Å²) >= 11 is 0. The molecule has 4 heterocycles. The Morgan fingerprint density at radius 1 is 1.27 bits per heavy atom. The van der Waals surface area contributed by atoms with E-state index in [1.807, 2.05) is 13.1 Å². The van der Waals surface area contributed by atoms with Gasteiger partial charge in [-0.25, -0.2) is 17.9 Å². The van der Waals surface area contributed by atoms with Crippen LogP contribution >= 0.6 is 0 Å². The van der Waals surface area contributed by atoms with Crippen LogP contribution in [-0.2, 0) is 16.4 Å². The van der Waals surface area contributed by atoms with Crippen LogP contribution in [0, 0.1) is 13.8 Å². The molecule has 9 heteroatoms. The standard InChI is InChI=1S/C17H22N6O2S/c1-12-6-13(2)23(20-12)15-4-5-21(11-15)9-14-7-18-17-16(26(3,24)25)8-19-22(17)10-14/h6-8,10,15H,4-5,9,11H2,1-3H3. The average molecular weight is 374 g/mol. The summed E-state index contributed by atoms with van der Waals surface area (Å²) in [4.78, 5) is 6.85. The van der Waals surface area contributed by atoms with Gasteiger partial charge in [-0.3, -0.25) is 9.58 Å². The molecule has 0 aliphatic carbocycles. The molecule has 3 aromatic rings. The normalized spacial score (nSPS) is 18.8. The number of likely N-dealkylation sites (tertiary alicyclic amines) is 1. The average Bonchev–Trinajstić information content (AvgIpc) is 3.24. The molecule has 1 aliphatic heterocycles. The van der Waals surface area contributed by atoms with Gasteiger partial charge in [0.05, 0.1) is 17.9 Å². The van der Waals surface area contributed by atoms with Crippen LogP contribution in [0.1, 0.15) is 29.4 Å². The number of sulfone groups is 1. The van der Waals surface area contributed by atoms with E-state index in [0.29, 0.717) is 11.7 Å². The molecular weight excluding hydrogens is 352 g/mol. The van der Waals surface area contributed by atoms with Crippen molar-refractivity contribution in [1.82, 2.24) is 29.3 Å². The lowest BCUT2D eigenvalue weighted by Gasteiger charge is -2.17. The Morgan fingerprint density at radius 3 is 2.77 bits per heavy atom. The lowest BCUT2D eigenvalue weighted by Crippen LogP contribution is -2.22. The maximum Gasteiger partial charge on any atom is 0.180 e. The molecule has 1 unspecified atom stereocenters. The fraction of sp³-hybridized carbons (Fsp3) is 0.471. The van der Waals surface area contributed by atoms with E-state index in [4.69, 9.17) is 0 Å². The van der Waals surface area contributed by atoms with Gasteiger partial charge in [-0.15, -0.1) is 0 Å².